The molecule has 0 amide bonds. The monoisotopic (exact) mass is 406 g/mol. The van der Waals surface area contributed by atoms with Crippen molar-refractivity contribution in [3.8, 4) is 0 Å². The third kappa shape index (κ3) is 1.75. The highest BCUT2D eigenvalue weighted by Crippen LogP contribution is 2.78. The van der Waals surface area contributed by atoms with Gasteiger partial charge >= 0.3 is 23.9 Å². The molecule has 5 rings (SSSR count). The Balaban J connectivity index is 1.64. The number of hydrogen-bond acceptors (Lipinski definition) is 3. The number of fused-ring (bicyclic) bond motifs is 10. The van der Waals surface area contributed by atoms with Crippen LogP contribution in [-0.2, 0) is 14.3 Å². The minimum atomic E-state index is -5.56. The number of halogens is 5. The molecule has 0 aromatic heterocycles. The Morgan fingerprint density at radius 3 is 2.29 bits per heavy atom. The summed E-state index contributed by atoms with van der Waals surface area (Å²) in [7, 11) is 0. The summed E-state index contributed by atoms with van der Waals surface area (Å²) in [5.74, 6) is -9.43. The van der Waals surface area contributed by atoms with Crippen molar-refractivity contribution in [3.05, 3.63) is 12.2 Å². The van der Waals surface area contributed by atoms with Gasteiger partial charge in [-0.1, -0.05) is 26.0 Å². The summed E-state index contributed by atoms with van der Waals surface area (Å²) in [4.78, 5) is 11.5. The quantitative estimate of drug-likeness (QED) is 0.274. The largest absolute Gasteiger partial charge is 0.462 e. The van der Waals surface area contributed by atoms with Crippen molar-refractivity contribution in [3.63, 3.8) is 0 Å². The topological polar surface area (TPSA) is 35.5 Å². The van der Waals surface area contributed by atoms with E-state index in [0.717, 1.165) is 20.3 Å². The van der Waals surface area contributed by atoms with Crippen LogP contribution in [0.2, 0.25) is 0 Å². The Kier molecular flexibility index (Phi) is 3.31. The predicted molar refractivity (Wildman–Crippen MR) is 87.0 cm³/mol. The van der Waals surface area contributed by atoms with E-state index in [9.17, 15) is 18.0 Å². The normalized spacial score (nSPS) is 51.9. The number of ether oxygens (including phenoxy) is 2. The van der Waals surface area contributed by atoms with Gasteiger partial charge in [0.1, 0.15) is 0 Å². The van der Waals surface area contributed by atoms with E-state index in [1.807, 2.05) is 0 Å². The summed E-state index contributed by atoms with van der Waals surface area (Å²) < 4.78 is 82.8. The van der Waals surface area contributed by atoms with Gasteiger partial charge in [-0.05, 0) is 54.8 Å². The molecule has 1 spiro atoms. The second-order valence-electron chi connectivity index (χ2n) is 9.81. The number of esters is 1. The Bertz CT molecular complexity index is 774. The van der Waals surface area contributed by atoms with Gasteiger partial charge in [0.05, 0.1) is 11.0 Å². The van der Waals surface area contributed by atoms with Crippen molar-refractivity contribution in [2.24, 2.45) is 40.9 Å². The fraction of sp³-hybridized carbons (Fsp3) is 0.850. The van der Waals surface area contributed by atoms with Crippen LogP contribution in [0, 0.1) is 40.9 Å². The summed E-state index contributed by atoms with van der Waals surface area (Å²) in [6, 6.07) is 0. The maximum absolute atomic E-state index is 15.5. The lowest BCUT2D eigenvalue weighted by atomic mass is 9.58. The van der Waals surface area contributed by atoms with Crippen LogP contribution < -0.4 is 0 Å². The van der Waals surface area contributed by atoms with E-state index in [2.05, 4.69) is 16.9 Å². The molecule has 8 unspecified atom stereocenters. The lowest BCUT2D eigenvalue weighted by Gasteiger charge is -2.49. The average Bonchev–Trinajstić information content (AvgIpc) is 3.31. The first-order valence-corrected chi connectivity index (χ1v) is 9.82. The van der Waals surface area contributed by atoms with Crippen LogP contribution in [0.25, 0.3) is 0 Å². The van der Waals surface area contributed by atoms with E-state index in [1.54, 1.807) is 0 Å². The maximum Gasteiger partial charge on any atom is 0.462 e. The van der Waals surface area contributed by atoms with Crippen molar-refractivity contribution in [2.45, 2.75) is 63.5 Å². The third-order valence-corrected chi connectivity index (χ3v) is 8.56. The Hall–Kier alpha value is -1.18. The van der Waals surface area contributed by atoms with E-state index in [1.165, 1.54) is 0 Å². The molecule has 0 aromatic carbocycles. The molecule has 0 radical (unpaired) electrons. The van der Waals surface area contributed by atoms with Gasteiger partial charge < -0.3 is 9.47 Å². The van der Waals surface area contributed by atoms with E-state index >= 15 is 8.78 Å². The minimum Gasteiger partial charge on any atom is -0.418 e. The summed E-state index contributed by atoms with van der Waals surface area (Å²) in [5.41, 5.74) is -3.81. The zero-order valence-corrected chi connectivity index (χ0v) is 15.9. The maximum atomic E-state index is 15.5. The minimum absolute atomic E-state index is 0.0604. The molecule has 28 heavy (non-hydrogen) atoms. The second-order valence-corrected chi connectivity index (χ2v) is 9.81. The first kappa shape index (κ1) is 18.8. The number of allylic oxidation sites excluding steroid dienone is 2. The molecule has 5 aliphatic rings. The van der Waals surface area contributed by atoms with Crippen LogP contribution in [0.1, 0.15) is 40.0 Å². The zero-order valence-electron chi connectivity index (χ0n) is 15.9. The smallest absolute Gasteiger partial charge is 0.418 e. The fourth-order valence-electron chi connectivity index (χ4n) is 7.57. The van der Waals surface area contributed by atoms with E-state index < -0.39 is 40.8 Å². The predicted octanol–water partition coefficient (Wildman–Crippen LogP) is 4.72. The highest BCUT2D eigenvalue weighted by molar-refractivity contribution is 5.67. The highest BCUT2D eigenvalue weighted by atomic mass is 19.4. The van der Waals surface area contributed by atoms with Crippen LogP contribution >= 0.6 is 0 Å². The summed E-state index contributed by atoms with van der Waals surface area (Å²) in [5, 5.41) is 0. The van der Waals surface area contributed by atoms with E-state index in [-0.39, 0.29) is 24.2 Å². The molecule has 0 N–H and O–H groups in total. The first-order valence-electron chi connectivity index (χ1n) is 9.82. The van der Waals surface area contributed by atoms with E-state index in [0.29, 0.717) is 25.2 Å². The molecule has 1 heterocycles. The number of carbonyl (C=O) groups excluding carboxylic acids is 1. The Morgan fingerprint density at radius 1 is 1.11 bits per heavy atom. The van der Waals surface area contributed by atoms with Gasteiger partial charge in [-0.25, -0.2) is 0 Å². The van der Waals surface area contributed by atoms with Gasteiger partial charge in [0, 0.05) is 6.92 Å². The molecule has 4 aliphatic carbocycles. The van der Waals surface area contributed by atoms with Gasteiger partial charge in [-0.15, -0.1) is 0 Å². The summed E-state index contributed by atoms with van der Waals surface area (Å²) in [6.45, 7) is 2.98. The highest BCUT2D eigenvalue weighted by Gasteiger charge is 2.91. The fourth-order valence-corrected chi connectivity index (χ4v) is 7.57. The van der Waals surface area contributed by atoms with Gasteiger partial charge in [-0.3, -0.25) is 4.79 Å². The second kappa shape index (κ2) is 4.93. The molecule has 0 aromatic rings. The molecule has 156 valence electrons. The molecular weight excluding hydrogens is 383 g/mol. The number of alkyl halides is 5. The molecule has 3 saturated carbocycles. The number of carbonyl (C=O) groups is 1. The molecule has 4 bridgehead atoms. The zero-order chi connectivity index (χ0) is 20.5. The van der Waals surface area contributed by atoms with Crippen molar-refractivity contribution in [2.75, 3.05) is 0 Å². The molecule has 3 nitrogen and oxygen atoms in total. The molecule has 8 atom stereocenters. The average molecular weight is 406 g/mol. The molecule has 1 aliphatic heterocycles. The lowest BCUT2D eigenvalue weighted by molar-refractivity contribution is -0.417. The van der Waals surface area contributed by atoms with Gasteiger partial charge in [0.15, 0.2) is 0 Å². The van der Waals surface area contributed by atoms with Crippen LogP contribution in [-0.4, -0.2) is 29.5 Å². The number of rotatable bonds is 1. The SMILES string of the molecule is CC(=O)OC1(C(F)(F)F)OC2(CC3CC2C2C4C=CC(C4)C32)C(C)(C)C1(F)F. The van der Waals surface area contributed by atoms with Crippen LogP contribution in [0.15, 0.2) is 12.2 Å². The Morgan fingerprint density at radius 2 is 1.71 bits per heavy atom. The van der Waals surface area contributed by atoms with Crippen molar-refractivity contribution in [1.82, 2.24) is 0 Å². The van der Waals surface area contributed by atoms with Crippen LogP contribution in [0.5, 0.6) is 0 Å². The third-order valence-electron chi connectivity index (χ3n) is 8.56. The molecule has 8 heteroatoms. The standard InChI is InChI=1S/C20H23F5O3/c1-9(26)27-19(20(23,24)25)18(21,22)16(2,3)17(28-19)8-12-7-13(17)15-11-5-4-10(6-11)14(12)15/h4-5,10-15H,6-8H2,1-3H3. The Labute approximate surface area is 159 Å². The molecule has 1 saturated heterocycles. The van der Waals surface area contributed by atoms with Crippen molar-refractivity contribution < 1.29 is 36.2 Å². The van der Waals surface area contributed by atoms with Crippen LogP contribution in [0.3, 0.4) is 0 Å². The van der Waals surface area contributed by atoms with Gasteiger partial charge in [-0.2, -0.15) is 22.0 Å². The summed E-state index contributed by atoms with van der Waals surface area (Å²) >= 11 is 0. The van der Waals surface area contributed by atoms with Crippen LogP contribution in [0.4, 0.5) is 22.0 Å². The van der Waals surface area contributed by atoms with Crippen molar-refractivity contribution >= 4 is 5.97 Å². The number of hydrogen-bond donors (Lipinski definition) is 0. The molecular formula is C20H23F5O3. The van der Waals surface area contributed by atoms with Crippen molar-refractivity contribution in [1.29, 1.82) is 0 Å². The van der Waals surface area contributed by atoms with Gasteiger partial charge in [0.25, 0.3) is 0 Å². The molecule has 4 fully saturated rings. The summed E-state index contributed by atoms with van der Waals surface area (Å²) in [6.07, 6.45) is 0.397. The lowest BCUT2D eigenvalue weighted by Crippen LogP contribution is -2.62. The van der Waals surface area contributed by atoms with Gasteiger partial charge in [0.2, 0.25) is 0 Å². The van der Waals surface area contributed by atoms with E-state index in [4.69, 9.17) is 4.74 Å². The first-order chi connectivity index (χ1) is 12.8.